The Labute approximate surface area is 125 Å². The predicted octanol–water partition coefficient (Wildman–Crippen LogP) is -0.253. The molecule has 1 fully saturated rings. The Balaban J connectivity index is 2.04. The van der Waals surface area contributed by atoms with E-state index in [1.165, 1.54) is 0 Å². The number of β-amino-alcohol motifs (C(OH)–C–C–N with tert-alkyl or cyclic N) is 1. The van der Waals surface area contributed by atoms with Gasteiger partial charge in [-0.1, -0.05) is 6.92 Å². The molecule has 1 aromatic rings. The largest absolute Gasteiger partial charge is 0.463 e. The van der Waals surface area contributed by atoms with E-state index in [2.05, 4.69) is 24.8 Å². The van der Waals surface area contributed by atoms with Crippen molar-refractivity contribution >= 4 is 11.9 Å². The molecule has 8 nitrogen and oxygen atoms in total. The van der Waals surface area contributed by atoms with E-state index in [0.717, 1.165) is 39.0 Å². The second-order valence-corrected chi connectivity index (χ2v) is 5.03. The second kappa shape index (κ2) is 7.94. The molecule has 3 N–H and O–H groups in total. The lowest BCUT2D eigenvalue weighted by Gasteiger charge is -2.21. The van der Waals surface area contributed by atoms with Crippen molar-refractivity contribution in [3.8, 4) is 6.01 Å². The van der Waals surface area contributed by atoms with Gasteiger partial charge < -0.3 is 20.5 Å². The Bertz CT molecular complexity index is 445. The summed E-state index contributed by atoms with van der Waals surface area (Å²) >= 11 is 0. The first-order valence-electron chi connectivity index (χ1n) is 7.45. The molecule has 0 bridgehead atoms. The van der Waals surface area contributed by atoms with Gasteiger partial charge in [-0.2, -0.15) is 15.0 Å². The summed E-state index contributed by atoms with van der Waals surface area (Å²) in [5, 5.41) is 9.03. The fraction of sp³-hybridized carbons (Fsp3) is 0.769. The second-order valence-electron chi connectivity index (χ2n) is 5.03. The molecule has 0 saturated carbocycles. The van der Waals surface area contributed by atoms with E-state index < -0.39 is 0 Å². The number of aliphatic hydroxyl groups excluding tert-OH is 1. The van der Waals surface area contributed by atoms with Crippen molar-refractivity contribution in [1.82, 2.24) is 19.9 Å². The molecule has 2 heterocycles. The first-order valence-corrected chi connectivity index (χ1v) is 7.45. The van der Waals surface area contributed by atoms with Crippen molar-refractivity contribution in [2.45, 2.75) is 19.8 Å². The fourth-order valence-corrected chi connectivity index (χ4v) is 2.30. The summed E-state index contributed by atoms with van der Waals surface area (Å²) in [4.78, 5) is 16.9. The van der Waals surface area contributed by atoms with Crippen molar-refractivity contribution in [1.29, 1.82) is 0 Å². The summed E-state index contributed by atoms with van der Waals surface area (Å²) in [5.74, 6) is 0.752. The molecule has 2 rings (SSSR count). The van der Waals surface area contributed by atoms with Crippen molar-refractivity contribution in [2.24, 2.45) is 0 Å². The summed E-state index contributed by atoms with van der Waals surface area (Å²) < 4.78 is 5.45. The number of nitrogen functional groups attached to an aromatic ring is 1. The van der Waals surface area contributed by atoms with Gasteiger partial charge in [0.05, 0.1) is 13.2 Å². The SMILES string of the molecule is CCCOc1nc(N)nc(N2CCCN(CCO)CC2)n1. The molecule has 0 aliphatic carbocycles. The Morgan fingerprint density at radius 3 is 2.81 bits per heavy atom. The Kier molecular flexibility index (Phi) is 5.94. The van der Waals surface area contributed by atoms with E-state index in [1.54, 1.807) is 0 Å². The standard InChI is InChI=1S/C13H24N6O2/c1-2-10-21-13-16-11(14)15-12(17-13)19-5-3-4-18(6-7-19)8-9-20/h20H,2-10H2,1H3,(H2,14,15,16,17). The molecule has 1 aliphatic rings. The van der Waals surface area contributed by atoms with Crippen LogP contribution >= 0.6 is 0 Å². The molecule has 0 atom stereocenters. The summed E-state index contributed by atoms with van der Waals surface area (Å²) in [6, 6.07) is 0.288. The van der Waals surface area contributed by atoms with Gasteiger partial charge in [-0.25, -0.2) is 0 Å². The van der Waals surface area contributed by atoms with Gasteiger partial charge >= 0.3 is 6.01 Å². The average molecular weight is 296 g/mol. The van der Waals surface area contributed by atoms with Gasteiger partial charge in [0.25, 0.3) is 0 Å². The normalized spacial score (nSPS) is 16.8. The molecule has 0 spiro atoms. The first-order chi connectivity index (χ1) is 10.2. The van der Waals surface area contributed by atoms with Gasteiger partial charge in [0.15, 0.2) is 0 Å². The highest BCUT2D eigenvalue weighted by Gasteiger charge is 2.18. The van der Waals surface area contributed by atoms with Gasteiger partial charge in [0, 0.05) is 26.2 Å². The van der Waals surface area contributed by atoms with Crippen LogP contribution in [-0.4, -0.2) is 70.9 Å². The fourth-order valence-electron chi connectivity index (χ4n) is 2.30. The number of anilines is 2. The predicted molar refractivity (Wildman–Crippen MR) is 80.4 cm³/mol. The van der Waals surface area contributed by atoms with Crippen LogP contribution in [0.5, 0.6) is 6.01 Å². The third-order valence-electron chi connectivity index (χ3n) is 3.34. The molecule has 0 amide bonds. The molecule has 21 heavy (non-hydrogen) atoms. The van der Waals surface area contributed by atoms with Gasteiger partial charge in [0.1, 0.15) is 0 Å². The van der Waals surface area contributed by atoms with Gasteiger partial charge in [-0.3, -0.25) is 4.90 Å². The molecular formula is C13H24N6O2. The van der Waals surface area contributed by atoms with Crippen molar-refractivity contribution < 1.29 is 9.84 Å². The van der Waals surface area contributed by atoms with E-state index >= 15 is 0 Å². The smallest absolute Gasteiger partial charge is 0.323 e. The van der Waals surface area contributed by atoms with Crippen LogP contribution < -0.4 is 15.4 Å². The molecule has 0 radical (unpaired) electrons. The maximum absolute atomic E-state index is 9.03. The molecule has 118 valence electrons. The van der Waals surface area contributed by atoms with Crippen molar-refractivity contribution in [2.75, 3.05) is 56.6 Å². The highest BCUT2D eigenvalue weighted by molar-refractivity contribution is 5.36. The average Bonchev–Trinajstić information content (AvgIpc) is 2.71. The van der Waals surface area contributed by atoms with Gasteiger partial charge in [-0.05, 0) is 19.4 Å². The number of nitrogens with two attached hydrogens (primary N) is 1. The molecule has 8 heteroatoms. The first kappa shape index (κ1) is 15.7. The minimum atomic E-state index is 0.183. The number of nitrogens with zero attached hydrogens (tertiary/aromatic N) is 5. The van der Waals surface area contributed by atoms with Crippen LogP contribution in [0.25, 0.3) is 0 Å². The minimum Gasteiger partial charge on any atom is -0.463 e. The quantitative estimate of drug-likeness (QED) is 0.741. The van der Waals surface area contributed by atoms with E-state index in [-0.39, 0.29) is 18.6 Å². The van der Waals surface area contributed by atoms with Crippen LogP contribution in [0, 0.1) is 0 Å². The minimum absolute atomic E-state index is 0.183. The number of rotatable bonds is 6. The number of ether oxygens (including phenoxy) is 1. The van der Waals surface area contributed by atoms with Crippen LogP contribution in [0.15, 0.2) is 0 Å². The Morgan fingerprint density at radius 2 is 2.05 bits per heavy atom. The summed E-state index contributed by atoms with van der Waals surface area (Å²) in [6.45, 7) is 6.98. The van der Waals surface area contributed by atoms with Crippen LogP contribution in [0.2, 0.25) is 0 Å². The monoisotopic (exact) mass is 296 g/mol. The zero-order valence-corrected chi connectivity index (χ0v) is 12.5. The number of aromatic nitrogens is 3. The topological polar surface area (TPSA) is 101 Å². The lowest BCUT2D eigenvalue weighted by atomic mass is 10.4. The summed E-state index contributed by atoms with van der Waals surface area (Å²) in [5.41, 5.74) is 5.74. The molecule has 1 aliphatic heterocycles. The third-order valence-corrected chi connectivity index (χ3v) is 3.34. The highest BCUT2D eigenvalue weighted by atomic mass is 16.5. The third kappa shape index (κ3) is 4.68. The molecular weight excluding hydrogens is 272 g/mol. The highest BCUT2D eigenvalue weighted by Crippen LogP contribution is 2.15. The Morgan fingerprint density at radius 1 is 1.19 bits per heavy atom. The number of hydrogen-bond donors (Lipinski definition) is 2. The van der Waals surface area contributed by atoms with Crippen molar-refractivity contribution in [3.05, 3.63) is 0 Å². The Hall–Kier alpha value is -1.67. The molecule has 1 aromatic heterocycles. The summed E-state index contributed by atoms with van der Waals surface area (Å²) in [7, 11) is 0. The van der Waals surface area contributed by atoms with E-state index in [0.29, 0.717) is 19.1 Å². The zero-order valence-electron chi connectivity index (χ0n) is 12.5. The van der Waals surface area contributed by atoms with E-state index in [1.807, 2.05) is 6.92 Å². The lowest BCUT2D eigenvalue weighted by molar-refractivity contribution is 0.204. The van der Waals surface area contributed by atoms with Crippen molar-refractivity contribution in [3.63, 3.8) is 0 Å². The van der Waals surface area contributed by atoms with E-state index in [9.17, 15) is 0 Å². The van der Waals surface area contributed by atoms with Crippen LogP contribution in [0.1, 0.15) is 19.8 Å². The molecule has 0 aromatic carbocycles. The molecule has 1 saturated heterocycles. The maximum Gasteiger partial charge on any atom is 0.323 e. The summed E-state index contributed by atoms with van der Waals surface area (Å²) in [6.07, 6.45) is 1.89. The van der Waals surface area contributed by atoms with Crippen LogP contribution in [-0.2, 0) is 0 Å². The van der Waals surface area contributed by atoms with Crippen LogP contribution in [0.4, 0.5) is 11.9 Å². The zero-order chi connectivity index (χ0) is 15.1. The molecule has 0 unspecified atom stereocenters. The van der Waals surface area contributed by atoms with E-state index in [4.69, 9.17) is 15.6 Å². The maximum atomic E-state index is 9.03. The number of aliphatic hydroxyl groups is 1. The van der Waals surface area contributed by atoms with Gasteiger partial charge in [-0.15, -0.1) is 0 Å². The van der Waals surface area contributed by atoms with Crippen LogP contribution in [0.3, 0.4) is 0 Å². The number of hydrogen-bond acceptors (Lipinski definition) is 8. The van der Waals surface area contributed by atoms with Gasteiger partial charge in [0.2, 0.25) is 11.9 Å². The lowest BCUT2D eigenvalue weighted by Crippen LogP contribution is -2.33.